The normalized spacial score (nSPS) is 12.8. The molecule has 2 rings (SSSR count). The molecule has 0 amide bonds. The summed E-state index contributed by atoms with van der Waals surface area (Å²) in [6.45, 7) is 0.466. The lowest BCUT2D eigenvalue weighted by Crippen LogP contribution is -2.38. The van der Waals surface area contributed by atoms with Crippen LogP contribution in [-0.4, -0.2) is 31.1 Å². The molecule has 0 saturated carbocycles. The highest BCUT2D eigenvalue weighted by Crippen LogP contribution is 2.30. The summed E-state index contributed by atoms with van der Waals surface area (Å²) in [5, 5.41) is 6.87. The Labute approximate surface area is 160 Å². The van der Waals surface area contributed by atoms with Gasteiger partial charge in [0.2, 0.25) is 0 Å². The molecular weight excluding hydrogens is 410 g/mol. The fourth-order valence-electron chi connectivity index (χ4n) is 1.98. The summed E-state index contributed by atoms with van der Waals surface area (Å²) in [5.41, 5.74) is -1.71. The van der Waals surface area contributed by atoms with Gasteiger partial charge in [0.15, 0.2) is 11.7 Å². The lowest BCUT2D eigenvalue weighted by Gasteiger charge is -2.12. The van der Waals surface area contributed by atoms with Gasteiger partial charge in [0.1, 0.15) is 17.4 Å². The third-order valence-electron chi connectivity index (χ3n) is 3.32. The topological polar surface area (TPSA) is 58.5 Å². The number of alkyl halides is 6. The molecule has 0 fully saturated rings. The zero-order valence-corrected chi connectivity index (χ0v) is 15.3. The minimum Gasteiger partial charge on any atom is -0.492 e. The average Bonchev–Trinajstić information content (AvgIpc) is 3.10. The molecular formula is C16H16F6N4OS. The van der Waals surface area contributed by atoms with Crippen LogP contribution in [0.15, 0.2) is 34.6 Å². The second-order valence-electron chi connectivity index (χ2n) is 5.35. The van der Waals surface area contributed by atoms with Crippen molar-refractivity contribution in [3.63, 3.8) is 0 Å². The fourth-order valence-corrected chi connectivity index (χ4v) is 2.72. The Morgan fingerprint density at radius 2 is 1.75 bits per heavy atom. The van der Waals surface area contributed by atoms with E-state index < -0.39 is 23.6 Å². The van der Waals surface area contributed by atoms with Gasteiger partial charge in [-0.1, -0.05) is 0 Å². The minimum absolute atomic E-state index is 0.0557. The molecule has 0 aliphatic carbocycles. The van der Waals surface area contributed by atoms with Gasteiger partial charge in [0, 0.05) is 12.4 Å². The first-order valence-corrected chi connectivity index (χ1v) is 8.73. The molecule has 28 heavy (non-hydrogen) atoms. The summed E-state index contributed by atoms with van der Waals surface area (Å²) in [4.78, 5) is 7.40. The van der Waals surface area contributed by atoms with Crippen molar-refractivity contribution in [2.75, 3.05) is 20.2 Å². The van der Waals surface area contributed by atoms with E-state index in [-0.39, 0.29) is 30.5 Å². The van der Waals surface area contributed by atoms with E-state index in [0.29, 0.717) is 5.96 Å². The molecule has 1 aromatic heterocycles. The number of aliphatic imine (C=N–C) groups is 1. The number of halogens is 6. The summed E-state index contributed by atoms with van der Waals surface area (Å²) in [6, 6.07) is 4.28. The van der Waals surface area contributed by atoms with Crippen LogP contribution < -0.4 is 15.4 Å². The molecule has 12 heteroatoms. The van der Waals surface area contributed by atoms with Crippen molar-refractivity contribution in [2.45, 2.75) is 18.9 Å². The molecule has 1 aromatic carbocycles. The monoisotopic (exact) mass is 426 g/mol. The number of hydrogen-bond donors (Lipinski definition) is 2. The molecule has 5 nitrogen and oxygen atoms in total. The van der Waals surface area contributed by atoms with E-state index in [1.807, 2.05) is 0 Å². The number of rotatable bonds is 6. The first-order valence-electron chi connectivity index (χ1n) is 7.86. The van der Waals surface area contributed by atoms with Crippen LogP contribution in [0.25, 0.3) is 0 Å². The number of hydrogen-bond acceptors (Lipinski definition) is 4. The lowest BCUT2D eigenvalue weighted by molar-refractivity contribution is -0.141. The molecule has 0 aliphatic heterocycles. The molecule has 154 valence electrons. The van der Waals surface area contributed by atoms with Crippen LogP contribution in [0.2, 0.25) is 0 Å². The number of nitrogens with one attached hydrogen (secondary N) is 2. The van der Waals surface area contributed by atoms with E-state index in [9.17, 15) is 26.3 Å². The summed E-state index contributed by atoms with van der Waals surface area (Å²) in [6.07, 6.45) is -8.89. The number of aromatic nitrogens is 1. The number of nitrogens with zero attached hydrogens (tertiary/aromatic N) is 2. The van der Waals surface area contributed by atoms with E-state index >= 15 is 0 Å². The van der Waals surface area contributed by atoms with Crippen molar-refractivity contribution in [3.8, 4) is 5.75 Å². The average molecular weight is 426 g/mol. The number of thiazole rings is 1. The van der Waals surface area contributed by atoms with Crippen molar-refractivity contribution in [2.24, 2.45) is 4.99 Å². The first kappa shape index (κ1) is 21.8. The minimum atomic E-state index is -4.48. The zero-order valence-electron chi connectivity index (χ0n) is 14.5. The predicted molar refractivity (Wildman–Crippen MR) is 92.3 cm³/mol. The Balaban J connectivity index is 1.73. The van der Waals surface area contributed by atoms with Crippen molar-refractivity contribution in [3.05, 3.63) is 45.9 Å². The molecule has 0 aliphatic rings. The Morgan fingerprint density at radius 3 is 2.29 bits per heavy atom. The Kier molecular flexibility index (Phi) is 7.11. The maximum atomic E-state index is 12.5. The van der Waals surface area contributed by atoms with Gasteiger partial charge in [0.05, 0.1) is 18.7 Å². The van der Waals surface area contributed by atoms with Gasteiger partial charge in [-0.15, -0.1) is 11.3 Å². The smallest absolute Gasteiger partial charge is 0.434 e. The van der Waals surface area contributed by atoms with Crippen molar-refractivity contribution in [1.29, 1.82) is 0 Å². The van der Waals surface area contributed by atoms with Gasteiger partial charge >= 0.3 is 12.4 Å². The van der Waals surface area contributed by atoms with Crippen molar-refractivity contribution >= 4 is 17.3 Å². The van der Waals surface area contributed by atoms with E-state index in [1.54, 1.807) is 0 Å². The molecule has 0 atom stereocenters. The predicted octanol–water partition coefficient (Wildman–Crippen LogP) is 3.92. The summed E-state index contributed by atoms with van der Waals surface area (Å²) >= 11 is 0.876. The molecule has 0 spiro atoms. The van der Waals surface area contributed by atoms with Gasteiger partial charge in [0.25, 0.3) is 0 Å². The highest BCUT2D eigenvalue weighted by molar-refractivity contribution is 7.09. The SMILES string of the molecule is CN=C(NCCOc1ccc(C(F)(F)F)cc1)NCc1nc(C(F)(F)F)cs1. The van der Waals surface area contributed by atoms with Gasteiger partial charge in [-0.3, -0.25) is 4.99 Å². The highest BCUT2D eigenvalue weighted by Gasteiger charge is 2.33. The van der Waals surface area contributed by atoms with Crippen LogP contribution in [0.3, 0.4) is 0 Å². The number of benzene rings is 1. The second kappa shape index (κ2) is 9.13. The van der Waals surface area contributed by atoms with E-state index in [2.05, 4.69) is 20.6 Å². The van der Waals surface area contributed by atoms with Crippen LogP contribution >= 0.6 is 11.3 Å². The fraction of sp³-hybridized carbons (Fsp3) is 0.375. The highest BCUT2D eigenvalue weighted by atomic mass is 32.1. The number of guanidine groups is 1. The van der Waals surface area contributed by atoms with E-state index in [1.165, 1.54) is 19.2 Å². The maximum Gasteiger partial charge on any atom is 0.434 e. The van der Waals surface area contributed by atoms with Crippen LogP contribution in [-0.2, 0) is 18.9 Å². The Bertz CT molecular complexity index is 786. The van der Waals surface area contributed by atoms with Gasteiger partial charge < -0.3 is 15.4 Å². The molecule has 0 bridgehead atoms. The van der Waals surface area contributed by atoms with Crippen LogP contribution in [0.5, 0.6) is 5.75 Å². The first-order chi connectivity index (χ1) is 13.1. The summed E-state index contributed by atoms with van der Waals surface area (Å²) in [7, 11) is 1.48. The van der Waals surface area contributed by atoms with Gasteiger partial charge in [-0.05, 0) is 24.3 Å². The molecule has 0 unspecified atom stereocenters. The van der Waals surface area contributed by atoms with Crippen LogP contribution in [0.1, 0.15) is 16.3 Å². The molecule has 1 heterocycles. The lowest BCUT2D eigenvalue weighted by atomic mass is 10.2. The quantitative estimate of drug-likeness (QED) is 0.318. The summed E-state index contributed by atoms with van der Waals surface area (Å²) < 4.78 is 80.3. The van der Waals surface area contributed by atoms with Crippen molar-refractivity contribution in [1.82, 2.24) is 15.6 Å². The van der Waals surface area contributed by atoms with Crippen LogP contribution in [0.4, 0.5) is 26.3 Å². The van der Waals surface area contributed by atoms with E-state index in [4.69, 9.17) is 4.74 Å². The van der Waals surface area contributed by atoms with Crippen molar-refractivity contribution < 1.29 is 31.1 Å². The summed E-state index contributed by atoms with van der Waals surface area (Å²) in [5.74, 6) is 0.597. The second-order valence-corrected chi connectivity index (χ2v) is 6.29. The van der Waals surface area contributed by atoms with Crippen LogP contribution in [0, 0.1) is 0 Å². The maximum absolute atomic E-state index is 12.5. The third kappa shape index (κ3) is 6.59. The third-order valence-corrected chi connectivity index (χ3v) is 4.17. The molecule has 0 radical (unpaired) electrons. The number of ether oxygens (including phenoxy) is 1. The molecule has 2 N–H and O–H groups in total. The standard InChI is InChI=1S/C16H16F6N4OS/c1-23-14(25-8-13-26-12(9-28-13)16(20,21)22)24-6-7-27-11-4-2-10(3-5-11)15(17,18)19/h2-5,9H,6-8H2,1H3,(H2,23,24,25). The zero-order chi connectivity index (χ0) is 20.8. The van der Waals surface area contributed by atoms with Gasteiger partial charge in [-0.2, -0.15) is 26.3 Å². The Morgan fingerprint density at radius 1 is 1.07 bits per heavy atom. The van der Waals surface area contributed by atoms with Gasteiger partial charge in [-0.25, -0.2) is 4.98 Å². The molecule has 0 saturated heterocycles. The largest absolute Gasteiger partial charge is 0.492 e. The van der Waals surface area contributed by atoms with E-state index in [0.717, 1.165) is 28.8 Å². The molecule has 2 aromatic rings. The Hall–Kier alpha value is -2.50.